The highest BCUT2D eigenvalue weighted by molar-refractivity contribution is 6.32. The Morgan fingerprint density at radius 2 is 2.08 bits per heavy atom. The number of halogens is 1. The molecule has 128 valence electrons. The van der Waals surface area contributed by atoms with E-state index in [-0.39, 0.29) is 0 Å². The van der Waals surface area contributed by atoms with E-state index in [0.717, 1.165) is 22.8 Å². The second-order valence-electron chi connectivity index (χ2n) is 5.64. The number of tetrazole rings is 1. The molecule has 1 N–H and O–H groups in total. The van der Waals surface area contributed by atoms with Crippen LogP contribution in [0.25, 0.3) is 5.69 Å². The molecule has 0 aliphatic carbocycles. The Balaban J connectivity index is 1.52. The summed E-state index contributed by atoms with van der Waals surface area (Å²) in [6.45, 7) is 3.52. The molecule has 0 unspecified atom stereocenters. The van der Waals surface area contributed by atoms with Crippen LogP contribution in [-0.2, 0) is 6.54 Å². The van der Waals surface area contributed by atoms with Crippen LogP contribution in [0.1, 0.15) is 11.4 Å². The number of nitrogens with zero attached hydrogens (tertiary/aromatic N) is 4. The lowest BCUT2D eigenvalue weighted by atomic mass is 10.2. The summed E-state index contributed by atoms with van der Waals surface area (Å²) in [5.74, 6) is 2.04. The van der Waals surface area contributed by atoms with Gasteiger partial charge in [-0.2, -0.15) is 4.68 Å². The van der Waals surface area contributed by atoms with E-state index >= 15 is 0 Å². The Kier molecular flexibility index (Phi) is 4.15. The maximum absolute atomic E-state index is 6.28. The van der Waals surface area contributed by atoms with Crippen LogP contribution < -0.4 is 14.8 Å². The standard InChI is InChI=1S/C17H16ClN5O2/c1-11-20-21-22-23(11)14-4-2-3-13(9-14)19-10-12-7-15(18)17-16(8-12)24-5-6-25-17/h2-4,7-9,19H,5-6,10H2,1H3. The summed E-state index contributed by atoms with van der Waals surface area (Å²) in [6, 6.07) is 11.7. The van der Waals surface area contributed by atoms with Crippen LogP contribution in [0, 0.1) is 6.92 Å². The number of anilines is 1. The number of hydrogen-bond donors (Lipinski definition) is 1. The van der Waals surface area contributed by atoms with Crippen molar-refractivity contribution in [2.45, 2.75) is 13.5 Å². The highest BCUT2D eigenvalue weighted by atomic mass is 35.5. The molecule has 0 saturated heterocycles. The van der Waals surface area contributed by atoms with Crippen LogP contribution in [0.15, 0.2) is 36.4 Å². The van der Waals surface area contributed by atoms with Crippen molar-refractivity contribution < 1.29 is 9.47 Å². The van der Waals surface area contributed by atoms with Gasteiger partial charge in [0.05, 0.1) is 10.7 Å². The smallest absolute Gasteiger partial charge is 0.179 e. The normalized spacial score (nSPS) is 12.9. The molecule has 3 aromatic rings. The third kappa shape index (κ3) is 3.23. The maximum atomic E-state index is 6.28. The highest BCUT2D eigenvalue weighted by Crippen LogP contribution is 2.38. The van der Waals surface area contributed by atoms with Gasteiger partial charge in [0.2, 0.25) is 0 Å². The molecule has 0 radical (unpaired) electrons. The largest absolute Gasteiger partial charge is 0.486 e. The zero-order valence-corrected chi connectivity index (χ0v) is 14.3. The fraction of sp³-hybridized carbons (Fsp3) is 0.235. The summed E-state index contributed by atoms with van der Waals surface area (Å²) in [7, 11) is 0. The van der Waals surface area contributed by atoms with Gasteiger partial charge in [-0.25, -0.2) is 0 Å². The Morgan fingerprint density at radius 3 is 2.92 bits per heavy atom. The van der Waals surface area contributed by atoms with Crippen LogP contribution in [-0.4, -0.2) is 33.4 Å². The minimum absolute atomic E-state index is 0.521. The van der Waals surface area contributed by atoms with E-state index in [0.29, 0.717) is 36.3 Å². The van der Waals surface area contributed by atoms with Crippen molar-refractivity contribution in [2.24, 2.45) is 0 Å². The molecular formula is C17H16ClN5O2. The highest BCUT2D eigenvalue weighted by Gasteiger charge is 2.16. The van der Waals surface area contributed by atoms with Gasteiger partial charge in [0.1, 0.15) is 13.2 Å². The molecule has 0 bridgehead atoms. The lowest BCUT2D eigenvalue weighted by molar-refractivity contribution is 0.171. The summed E-state index contributed by atoms with van der Waals surface area (Å²) in [6.07, 6.45) is 0. The third-order valence-corrected chi connectivity index (χ3v) is 4.15. The molecule has 1 aromatic heterocycles. The average molecular weight is 358 g/mol. The van der Waals surface area contributed by atoms with E-state index in [9.17, 15) is 0 Å². The Morgan fingerprint density at radius 1 is 1.20 bits per heavy atom. The van der Waals surface area contributed by atoms with Gasteiger partial charge in [-0.3, -0.25) is 0 Å². The van der Waals surface area contributed by atoms with Gasteiger partial charge in [-0.1, -0.05) is 17.7 Å². The average Bonchev–Trinajstić information content (AvgIpc) is 3.06. The fourth-order valence-electron chi connectivity index (χ4n) is 2.69. The fourth-order valence-corrected chi connectivity index (χ4v) is 2.98. The number of rotatable bonds is 4. The minimum atomic E-state index is 0.521. The lowest BCUT2D eigenvalue weighted by Gasteiger charge is -2.20. The van der Waals surface area contributed by atoms with Crippen molar-refractivity contribution in [3.05, 3.63) is 52.8 Å². The van der Waals surface area contributed by atoms with Gasteiger partial charge >= 0.3 is 0 Å². The monoisotopic (exact) mass is 357 g/mol. The first-order chi connectivity index (χ1) is 12.2. The number of aryl methyl sites for hydroxylation is 1. The first-order valence-electron chi connectivity index (χ1n) is 7.88. The molecule has 25 heavy (non-hydrogen) atoms. The zero-order chi connectivity index (χ0) is 17.2. The van der Waals surface area contributed by atoms with Crippen LogP contribution in [0.5, 0.6) is 11.5 Å². The van der Waals surface area contributed by atoms with Crippen molar-refractivity contribution in [3.63, 3.8) is 0 Å². The Labute approximate surface area is 149 Å². The molecule has 0 atom stereocenters. The number of benzene rings is 2. The van der Waals surface area contributed by atoms with Crippen molar-refractivity contribution in [1.82, 2.24) is 20.2 Å². The van der Waals surface area contributed by atoms with Gasteiger partial charge in [0.15, 0.2) is 17.3 Å². The van der Waals surface area contributed by atoms with E-state index < -0.39 is 0 Å². The zero-order valence-electron chi connectivity index (χ0n) is 13.6. The summed E-state index contributed by atoms with van der Waals surface area (Å²) >= 11 is 6.28. The molecule has 4 rings (SSSR count). The topological polar surface area (TPSA) is 74.1 Å². The van der Waals surface area contributed by atoms with E-state index in [1.165, 1.54) is 0 Å². The summed E-state index contributed by atoms with van der Waals surface area (Å²) in [5, 5.41) is 15.5. The third-order valence-electron chi connectivity index (χ3n) is 3.87. The molecule has 2 aromatic carbocycles. The lowest BCUT2D eigenvalue weighted by Crippen LogP contribution is -2.16. The predicted octanol–water partition coefficient (Wildman–Crippen LogP) is 3.01. The molecule has 8 heteroatoms. The van der Waals surface area contributed by atoms with Gasteiger partial charge in [-0.05, 0) is 53.2 Å². The second kappa shape index (κ2) is 6.60. The molecule has 7 nitrogen and oxygen atoms in total. The maximum Gasteiger partial charge on any atom is 0.179 e. The quantitative estimate of drug-likeness (QED) is 0.773. The first kappa shape index (κ1) is 15.7. The van der Waals surface area contributed by atoms with Gasteiger partial charge in [-0.15, -0.1) is 5.10 Å². The Bertz CT molecular complexity index is 912. The predicted molar refractivity (Wildman–Crippen MR) is 93.7 cm³/mol. The molecular weight excluding hydrogens is 342 g/mol. The molecule has 0 fully saturated rings. The van der Waals surface area contributed by atoms with Crippen LogP contribution >= 0.6 is 11.6 Å². The van der Waals surface area contributed by atoms with Crippen molar-refractivity contribution in [1.29, 1.82) is 0 Å². The minimum Gasteiger partial charge on any atom is -0.486 e. The molecule has 1 aliphatic heterocycles. The second-order valence-corrected chi connectivity index (χ2v) is 6.05. The SMILES string of the molecule is Cc1nnnn1-c1cccc(NCc2cc(Cl)c3c(c2)OCCO3)c1. The van der Waals surface area contributed by atoms with Crippen molar-refractivity contribution in [2.75, 3.05) is 18.5 Å². The number of hydrogen-bond acceptors (Lipinski definition) is 6. The number of nitrogens with one attached hydrogen (secondary N) is 1. The van der Waals surface area contributed by atoms with Crippen LogP contribution in [0.4, 0.5) is 5.69 Å². The number of aromatic nitrogens is 4. The molecule has 0 amide bonds. The van der Waals surface area contributed by atoms with Crippen LogP contribution in [0.2, 0.25) is 5.02 Å². The van der Waals surface area contributed by atoms with E-state index in [4.69, 9.17) is 21.1 Å². The number of fused-ring (bicyclic) bond motifs is 1. The van der Waals surface area contributed by atoms with Crippen molar-refractivity contribution >= 4 is 17.3 Å². The summed E-state index contributed by atoms with van der Waals surface area (Å²) in [5.41, 5.74) is 2.87. The Hall–Kier alpha value is -2.80. The molecule has 2 heterocycles. The number of ether oxygens (including phenoxy) is 2. The summed E-state index contributed by atoms with van der Waals surface area (Å²) in [4.78, 5) is 0. The van der Waals surface area contributed by atoms with Gasteiger partial charge in [0.25, 0.3) is 0 Å². The van der Waals surface area contributed by atoms with Gasteiger partial charge < -0.3 is 14.8 Å². The first-order valence-corrected chi connectivity index (χ1v) is 8.26. The molecule has 1 aliphatic rings. The van der Waals surface area contributed by atoms with E-state index in [1.54, 1.807) is 4.68 Å². The van der Waals surface area contributed by atoms with E-state index in [1.807, 2.05) is 43.3 Å². The van der Waals surface area contributed by atoms with Gasteiger partial charge in [0, 0.05) is 12.2 Å². The molecule has 0 saturated carbocycles. The summed E-state index contributed by atoms with van der Waals surface area (Å²) < 4.78 is 12.8. The van der Waals surface area contributed by atoms with Crippen molar-refractivity contribution in [3.8, 4) is 17.2 Å². The van der Waals surface area contributed by atoms with Crippen LogP contribution in [0.3, 0.4) is 0 Å². The van der Waals surface area contributed by atoms with E-state index in [2.05, 4.69) is 20.8 Å². The molecule has 0 spiro atoms.